The lowest BCUT2D eigenvalue weighted by atomic mass is 10.1. The normalized spacial score (nSPS) is 10.9. The molecule has 0 aliphatic rings. The van der Waals surface area contributed by atoms with Crippen molar-refractivity contribution in [1.29, 1.82) is 0 Å². The number of para-hydroxylation sites is 1. The van der Waals surface area contributed by atoms with Crippen molar-refractivity contribution in [2.45, 2.75) is 0 Å². The van der Waals surface area contributed by atoms with Gasteiger partial charge in [0.25, 0.3) is 0 Å². The molecule has 118 valence electrons. The molecule has 5 heteroatoms. The fourth-order valence-corrected chi connectivity index (χ4v) is 2.76. The molecule has 2 aromatic carbocycles. The highest BCUT2D eigenvalue weighted by Crippen LogP contribution is 2.32. The van der Waals surface area contributed by atoms with Gasteiger partial charge in [-0.2, -0.15) is 5.10 Å². The second-order valence-electron chi connectivity index (χ2n) is 5.34. The Hall–Kier alpha value is -3.21. The molecule has 0 bridgehead atoms. The number of methoxy groups -OCH3 is 1. The van der Waals surface area contributed by atoms with Crippen LogP contribution in [-0.4, -0.2) is 21.9 Å². The first-order valence-corrected chi connectivity index (χ1v) is 7.50. The van der Waals surface area contributed by atoms with Gasteiger partial charge in [-0.05, 0) is 30.3 Å². The minimum atomic E-state index is -0.369. The molecule has 0 saturated carbocycles. The molecule has 0 aliphatic carbocycles. The molecule has 0 saturated heterocycles. The molecular formula is C19H14FN3O. The minimum Gasteiger partial charge on any atom is -0.496 e. The number of aromatic nitrogens is 3. The number of fused-ring (bicyclic) bond motifs is 1. The van der Waals surface area contributed by atoms with Crippen molar-refractivity contribution in [2.75, 3.05) is 7.11 Å². The van der Waals surface area contributed by atoms with Crippen LogP contribution in [-0.2, 0) is 0 Å². The van der Waals surface area contributed by atoms with E-state index in [-0.39, 0.29) is 5.82 Å². The summed E-state index contributed by atoms with van der Waals surface area (Å²) in [4.78, 5) is 4.38. The Morgan fingerprint density at radius 2 is 1.83 bits per heavy atom. The average Bonchev–Trinajstić information content (AvgIpc) is 3.05. The summed E-state index contributed by atoms with van der Waals surface area (Å²) in [5.74, 6) is 0.0830. The first-order valence-electron chi connectivity index (χ1n) is 7.50. The number of benzene rings is 2. The molecule has 0 aliphatic heterocycles. The predicted octanol–water partition coefficient (Wildman–Crippen LogP) is 4.24. The highest BCUT2D eigenvalue weighted by molar-refractivity contribution is 5.84. The Balaban J connectivity index is 1.94. The topological polar surface area (TPSA) is 39.9 Å². The van der Waals surface area contributed by atoms with Crippen LogP contribution in [0.1, 0.15) is 0 Å². The predicted molar refractivity (Wildman–Crippen MR) is 90.8 cm³/mol. The third-order valence-corrected chi connectivity index (χ3v) is 3.90. The zero-order chi connectivity index (χ0) is 16.5. The van der Waals surface area contributed by atoms with Crippen LogP contribution in [0.5, 0.6) is 5.75 Å². The Morgan fingerprint density at radius 3 is 2.62 bits per heavy atom. The van der Waals surface area contributed by atoms with Gasteiger partial charge >= 0.3 is 0 Å². The first kappa shape index (κ1) is 14.4. The number of rotatable bonds is 3. The Labute approximate surface area is 138 Å². The van der Waals surface area contributed by atoms with Gasteiger partial charge in [0.15, 0.2) is 0 Å². The zero-order valence-corrected chi connectivity index (χ0v) is 13.0. The van der Waals surface area contributed by atoms with Gasteiger partial charge in [0.2, 0.25) is 0 Å². The number of hydrogen-bond donors (Lipinski definition) is 0. The second kappa shape index (κ2) is 5.77. The van der Waals surface area contributed by atoms with Crippen molar-refractivity contribution < 1.29 is 9.13 Å². The zero-order valence-electron chi connectivity index (χ0n) is 13.0. The SMILES string of the molecule is COc1cccc(F)c1-c1cc2c(cn1)cnn2-c1ccccc1. The lowest BCUT2D eigenvalue weighted by Gasteiger charge is -2.09. The molecule has 2 aromatic heterocycles. The monoisotopic (exact) mass is 319 g/mol. The smallest absolute Gasteiger partial charge is 0.136 e. The van der Waals surface area contributed by atoms with Gasteiger partial charge in [-0.1, -0.05) is 24.3 Å². The summed E-state index contributed by atoms with van der Waals surface area (Å²) in [6.07, 6.45) is 3.45. The van der Waals surface area contributed by atoms with E-state index in [0.717, 1.165) is 16.6 Å². The van der Waals surface area contributed by atoms with E-state index >= 15 is 0 Å². The van der Waals surface area contributed by atoms with Gasteiger partial charge in [0.1, 0.15) is 11.6 Å². The summed E-state index contributed by atoms with van der Waals surface area (Å²) >= 11 is 0. The molecule has 0 N–H and O–H groups in total. The van der Waals surface area contributed by atoms with Gasteiger partial charge < -0.3 is 4.74 Å². The standard InChI is InChI=1S/C19H14FN3O/c1-24-18-9-5-8-15(20)19(18)16-10-17-13(11-21-16)12-22-23(17)14-6-3-2-4-7-14/h2-12H,1H3. The molecule has 0 unspecified atom stereocenters. The van der Waals surface area contributed by atoms with E-state index in [9.17, 15) is 4.39 Å². The van der Waals surface area contributed by atoms with Crippen molar-refractivity contribution in [3.8, 4) is 22.7 Å². The minimum absolute atomic E-state index is 0.350. The molecule has 0 atom stereocenters. The number of hydrogen-bond acceptors (Lipinski definition) is 3. The average molecular weight is 319 g/mol. The van der Waals surface area contributed by atoms with Crippen molar-refractivity contribution in [3.05, 3.63) is 72.8 Å². The van der Waals surface area contributed by atoms with Crippen LogP contribution in [0, 0.1) is 5.82 Å². The lowest BCUT2D eigenvalue weighted by Crippen LogP contribution is -1.97. The summed E-state index contributed by atoms with van der Waals surface area (Å²) in [5, 5.41) is 5.30. The van der Waals surface area contributed by atoms with Crippen LogP contribution in [0.2, 0.25) is 0 Å². The molecular weight excluding hydrogens is 305 g/mol. The van der Waals surface area contributed by atoms with Gasteiger partial charge in [-0.3, -0.25) is 4.98 Å². The van der Waals surface area contributed by atoms with Crippen LogP contribution in [0.25, 0.3) is 27.8 Å². The highest BCUT2D eigenvalue weighted by Gasteiger charge is 2.15. The molecule has 0 amide bonds. The molecule has 4 rings (SSSR count). The van der Waals surface area contributed by atoms with E-state index < -0.39 is 0 Å². The van der Waals surface area contributed by atoms with Gasteiger partial charge in [-0.15, -0.1) is 0 Å². The molecule has 4 aromatic rings. The van der Waals surface area contributed by atoms with Gasteiger partial charge in [0, 0.05) is 11.6 Å². The molecule has 2 heterocycles. The molecule has 4 nitrogen and oxygen atoms in total. The lowest BCUT2D eigenvalue weighted by molar-refractivity contribution is 0.413. The van der Waals surface area contributed by atoms with Gasteiger partial charge in [0.05, 0.1) is 35.8 Å². The van der Waals surface area contributed by atoms with E-state index in [1.54, 1.807) is 24.5 Å². The van der Waals surface area contributed by atoms with Crippen molar-refractivity contribution in [1.82, 2.24) is 14.8 Å². The number of nitrogens with zero attached hydrogens (tertiary/aromatic N) is 3. The summed E-state index contributed by atoms with van der Waals surface area (Å²) < 4.78 is 21.4. The van der Waals surface area contributed by atoms with Crippen LogP contribution in [0.15, 0.2) is 67.0 Å². The quantitative estimate of drug-likeness (QED) is 0.567. The van der Waals surface area contributed by atoms with E-state index in [4.69, 9.17) is 4.74 Å². The van der Waals surface area contributed by atoms with Crippen molar-refractivity contribution in [3.63, 3.8) is 0 Å². The third kappa shape index (κ3) is 2.31. The summed E-state index contributed by atoms with van der Waals surface area (Å²) in [6, 6.07) is 16.4. The molecule has 24 heavy (non-hydrogen) atoms. The Bertz CT molecular complexity index is 1010. The van der Waals surface area contributed by atoms with Crippen LogP contribution in [0.3, 0.4) is 0 Å². The second-order valence-corrected chi connectivity index (χ2v) is 5.34. The number of halogens is 1. The largest absolute Gasteiger partial charge is 0.496 e. The summed E-state index contributed by atoms with van der Waals surface area (Å²) in [7, 11) is 1.52. The third-order valence-electron chi connectivity index (χ3n) is 3.90. The maximum Gasteiger partial charge on any atom is 0.136 e. The van der Waals surface area contributed by atoms with Crippen molar-refractivity contribution in [2.24, 2.45) is 0 Å². The Kier molecular flexibility index (Phi) is 3.46. The van der Waals surface area contributed by atoms with Crippen molar-refractivity contribution >= 4 is 10.9 Å². The molecule has 0 radical (unpaired) electrons. The Morgan fingerprint density at radius 1 is 1.00 bits per heavy atom. The number of ether oxygens (including phenoxy) is 1. The van der Waals surface area contributed by atoms with E-state index in [2.05, 4.69) is 10.1 Å². The van der Waals surface area contributed by atoms with Crippen LogP contribution < -0.4 is 4.74 Å². The summed E-state index contributed by atoms with van der Waals surface area (Å²) in [6.45, 7) is 0. The fourth-order valence-electron chi connectivity index (χ4n) is 2.76. The maximum atomic E-state index is 14.3. The molecule has 0 spiro atoms. The fraction of sp³-hybridized carbons (Fsp3) is 0.0526. The van der Waals surface area contributed by atoms with Crippen LogP contribution in [0.4, 0.5) is 4.39 Å². The van der Waals surface area contributed by atoms with Crippen LogP contribution >= 0.6 is 0 Å². The first-order chi connectivity index (χ1) is 11.8. The molecule has 0 fully saturated rings. The van der Waals surface area contributed by atoms with Gasteiger partial charge in [-0.25, -0.2) is 9.07 Å². The van der Waals surface area contributed by atoms with E-state index in [1.807, 2.05) is 41.1 Å². The summed E-state index contributed by atoms with van der Waals surface area (Å²) in [5.41, 5.74) is 2.65. The maximum absolute atomic E-state index is 14.3. The highest BCUT2D eigenvalue weighted by atomic mass is 19.1. The van der Waals surface area contributed by atoms with E-state index in [0.29, 0.717) is 17.0 Å². The van der Waals surface area contributed by atoms with E-state index in [1.165, 1.54) is 13.2 Å². The number of pyridine rings is 1.